The van der Waals surface area contributed by atoms with E-state index in [-0.39, 0.29) is 11.3 Å². The average molecular weight is 320 g/mol. The summed E-state index contributed by atoms with van der Waals surface area (Å²) in [5, 5.41) is 19.6. The van der Waals surface area contributed by atoms with Crippen LogP contribution in [0.1, 0.15) is 10.4 Å². The first-order chi connectivity index (χ1) is 11.5. The fourth-order valence-corrected chi connectivity index (χ4v) is 2.51. The van der Waals surface area contributed by atoms with E-state index in [9.17, 15) is 9.90 Å². The summed E-state index contributed by atoms with van der Waals surface area (Å²) in [6.07, 6.45) is 0. The quantitative estimate of drug-likeness (QED) is 0.330. The van der Waals surface area contributed by atoms with Gasteiger partial charge in [-0.25, -0.2) is 4.90 Å². The van der Waals surface area contributed by atoms with E-state index < -0.39 is 11.9 Å². The molecule has 1 amide bonds. The van der Waals surface area contributed by atoms with Gasteiger partial charge in [-0.15, -0.1) is 0 Å². The minimum Gasteiger partial charge on any atom is -0.507 e. The van der Waals surface area contributed by atoms with E-state index in [4.69, 9.17) is 16.9 Å². The first-order valence-corrected chi connectivity index (χ1v) is 7.23. The minimum absolute atomic E-state index is 0.0701. The summed E-state index contributed by atoms with van der Waals surface area (Å²) in [5.41, 5.74) is 12.2. The molecule has 6 nitrogen and oxygen atoms in total. The molecule has 0 atom stereocenters. The molecule has 0 saturated carbocycles. The molecule has 3 rings (SSSR count). The van der Waals surface area contributed by atoms with Crippen molar-refractivity contribution in [2.45, 2.75) is 0 Å². The van der Waals surface area contributed by atoms with Crippen LogP contribution in [0.25, 0.3) is 10.8 Å². The Hall–Kier alpha value is -3.54. The SMILES string of the molecule is N=C(N)N(C(=O)c1cc2ccccc2cc1O)c1ccc(N)cc1. The van der Waals surface area contributed by atoms with Crippen LogP contribution in [0.4, 0.5) is 11.4 Å². The number of guanidine groups is 1. The van der Waals surface area contributed by atoms with Gasteiger partial charge in [-0.1, -0.05) is 24.3 Å². The number of aromatic hydroxyl groups is 1. The summed E-state index contributed by atoms with van der Waals surface area (Å²) in [4.78, 5) is 13.9. The zero-order valence-corrected chi connectivity index (χ0v) is 12.7. The molecule has 3 aromatic rings. The molecule has 3 aromatic carbocycles. The Labute approximate surface area is 138 Å². The van der Waals surface area contributed by atoms with Gasteiger partial charge in [0.05, 0.1) is 11.3 Å². The summed E-state index contributed by atoms with van der Waals surface area (Å²) >= 11 is 0. The number of nitrogens with one attached hydrogen (secondary N) is 1. The van der Waals surface area contributed by atoms with Crippen LogP contribution in [0.5, 0.6) is 5.75 Å². The Morgan fingerprint density at radius 3 is 2.17 bits per heavy atom. The maximum atomic E-state index is 12.9. The van der Waals surface area contributed by atoms with Gasteiger partial charge in [0.1, 0.15) is 5.75 Å². The van der Waals surface area contributed by atoms with Crippen molar-refractivity contribution in [1.82, 2.24) is 0 Å². The number of amides is 1. The summed E-state index contributed by atoms with van der Waals surface area (Å²) in [6, 6.07) is 16.9. The highest BCUT2D eigenvalue weighted by Crippen LogP contribution is 2.28. The molecule has 0 heterocycles. The van der Waals surface area contributed by atoms with Gasteiger partial charge >= 0.3 is 0 Å². The number of nitrogens with zero attached hydrogens (tertiary/aromatic N) is 1. The van der Waals surface area contributed by atoms with Gasteiger partial charge in [0.15, 0.2) is 5.96 Å². The van der Waals surface area contributed by atoms with Crippen LogP contribution in [-0.2, 0) is 0 Å². The van der Waals surface area contributed by atoms with Gasteiger partial charge in [-0.05, 0) is 47.2 Å². The molecule has 6 N–H and O–H groups in total. The smallest absolute Gasteiger partial charge is 0.268 e. The number of anilines is 2. The van der Waals surface area contributed by atoms with E-state index in [1.54, 1.807) is 30.3 Å². The number of nitrogens with two attached hydrogens (primary N) is 2. The number of hydrogen-bond acceptors (Lipinski definition) is 4. The first kappa shape index (κ1) is 15.4. The molecule has 0 radical (unpaired) electrons. The Kier molecular flexibility index (Phi) is 3.79. The lowest BCUT2D eigenvalue weighted by Crippen LogP contribution is -2.41. The summed E-state index contributed by atoms with van der Waals surface area (Å²) in [7, 11) is 0. The third-order valence-electron chi connectivity index (χ3n) is 3.69. The summed E-state index contributed by atoms with van der Waals surface area (Å²) < 4.78 is 0. The first-order valence-electron chi connectivity index (χ1n) is 7.23. The molecule has 0 saturated heterocycles. The molecular weight excluding hydrogens is 304 g/mol. The number of carbonyl (C=O) groups excluding carboxylic acids is 1. The van der Waals surface area contributed by atoms with Crippen LogP contribution in [0.3, 0.4) is 0 Å². The van der Waals surface area contributed by atoms with Crippen molar-refractivity contribution in [3.8, 4) is 5.75 Å². The number of carbonyl (C=O) groups is 1. The van der Waals surface area contributed by atoms with Gasteiger partial charge in [-0.2, -0.15) is 0 Å². The van der Waals surface area contributed by atoms with E-state index in [0.717, 1.165) is 15.7 Å². The van der Waals surface area contributed by atoms with Gasteiger partial charge < -0.3 is 16.6 Å². The van der Waals surface area contributed by atoms with Crippen LogP contribution in [0, 0.1) is 5.41 Å². The molecule has 6 heteroatoms. The normalized spacial score (nSPS) is 10.5. The van der Waals surface area contributed by atoms with Crippen molar-refractivity contribution in [2.75, 3.05) is 10.6 Å². The van der Waals surface area contributed by atoms with Crippen molar-refractivity contribution in [1.29, 1.82) is 5.41 Å². The van der Waals surface area contributed by atoms with Crippen molar-refractivity contribution in [3.05, 3.63) is 66.2 Å². The number of hydrogen-bond donors (Lipinski definition) is 4. The van der Waals surface area contributed by atoms with E-state index in [1.807, 2.05) is 24.3 Å². The Morgan fingerprint density at radius 2 is 1.58 bits per heavy atom. The predicted molar refractivity (Wildman–Crippen MR) is 95.2 cm³/mol. The molecule has 0 spiro atoms. The summed E-state index contributed by atoms with van der Waals surface area (Å²) in [5.74, 6) is -1.20. The van der Waals surface area contributed by atoms with Gasteiger partial charge in [0, 0.05) is 5.69 Å². The number of rotatable bonds is 2. The second kappa shape index (κ2) is 5.92. The highest BCUT2D eigenvalue weighted by atomic mass is 16.3. The average Bonchev–Trinajstić information content (AvgIpc) is 2.55. The fraction of sp³-hybridized carbons (Fsp3) is 0. The van der Waals surface area contributed by atoms with E-state index in [1.165, 1.54) is 6.07 Å². The number of nitrogen functional groups attached to an aromatic ring is 1. The maximum Gasteiger partial charge on any atom is 0.268 e. The van der Waals surface area contributed by atoms with Crippen molar-refractivity contribution in [2.24, 2.45) is 5.73 Å². The van der Waals surface area contributed by atoms with E-state index >= 15 is 0 Å². The van der Waals surface area contributed by atoms with E-state index in [2.05, 4.69) is 0 Å². The van der Waals surface area contributed by atoms with Gasteiger partial charge in [0.2, 0.25) is 0 Å². The van der Waals surface area contributed by atoms with Crippen LogP contribution >= 0.6 is 0 Å². The monoisotopic (exact) mass is 320 g/mol. The van der Waals surface area contributed by atoms with Crippen LogP contribution in [0.2, 0.25) is 0 Å². The standard InChI is InChI=1S/C18H16N4O2/c19-13-5-7-14(8-6-13)22(18(20)21)17(24)15-9-11-3-1-2-4-12(11)10-16(15)23/h1-10,23H,19H2,(H3,20,21). The third kappa shape index (κ3) is 2.72. The second-order valence-corrected chi connectivity index (χ2v) is 5.33. The highest BCUT2D eigenvalue weighted by molar-refractivity contribution is 6.22. The van der Waals surface area contributed by atoms with Gasteiger partial charge in [-0.3, -0.25) is 10.2 Å². The van der Waals surface area contributed by atoms with E-state index in [0.29, 0.717) is 11.4 Å². The predicted octanol–water partition coefficient (Wildman–Crippen LogP) is 2.67. The zero-order chi connectivity index (χ0) is 17.3. The molecule has 0 aliphatic heterocycles. The fourth-order valence-electron chi connectivity index (χ4n) is 2.51. The van der Waals surface area contributed by atoms with Crippen molar-refractivity contribution >= 4 is 34.0 Å². The highest BCUT2D eigenvalue weighted by Gasteiger charge is 2.23. The minimum atomic E-state index is -0.587. The lowest BCUT2D eigenvalue weighted by molar-refractivity contribution is 0.0999. The number of phenolic OH excluding ortho intramolecular Hbond substituents is 1. The Balaban J connectivity index is 2.09. The van der Waals surface area contributed by atoms with Crippen LogP contribution < -0.4 is 16.4 Å². The molecule has 0 bridgehead atoms. The number of benzene rings is 3. The molecular formula is C18H16N4O2. The summed E-state index contributed by atoms with van der Waals surface area (Å²) in [6.45, 7) is 0. The molecule has 0 aliphatic carbocycles. The van der Waals surface area contributed by atoms with Crippen molar-refractivity contribution < 1.29 is 9.90 Å². The largest absolute Gasteiger partial charge is 0.507 e. The lowest BCUT2D eigenvalue weighted by atomic mass is 10.0. The molecule has 0 unspecified atom stereocenters. The van der Waals surface area contributed by atoms with Crippen LogP contribution in [0.15, 0.2) is 60.7 Å². The molecule has 0 aromatic heterocycles. The Morgan fingerprint density at radius 1 is 1.00 bits per heavy atom. The topological polar surface area (TPSA) is 116 Å². The number of fused-ring (bicyclic) bond motifs is 1. The third-order valence-corrected chi connectivity index (χ3v) is 3.69. The second-order valence-electron chi connectivity index (χ2n) is 5.33. The van der Waals surface area contributed by atoms with Crippen molar-refractivity contribution in [3.63, 3.8) is 0 Å². The molecule has 120 valence electrons. The Bertz CT molecular complexity index is 935. The number of phenols is 1. The zero-order valence-electron chi connectivity index (χ0n) is 12.7. The molecule has 0 fully saturated rings. The molecule has 0 aliphatic rings. The maximum absolute atomic E-state index is 12.9. The lowest BCUT2D eigenvalue weighted by Gasteiger charge is -2.21. The van der Waals surface area contributed by atoms with Gasteiger partial charge in [0.25, 0.3) is 5.91 Å². The molecule has 24 heavy (non-hydrogen) atoms. The van der Waals surface area contributed by atoms with Crippen LogP contribution in [-0.4, -0.2) is 17.0 Å².